The van der Waals surface area contributed by atoms with Gasteiger partial charge in [0, 0.05) is 0 Å². The van der Waals surface area contributed by atoms with Gasteiger partial charge >= 0.3 is 5.97 Å². The molecule has 86 valence electrons. The lowest BCUT2D eigenvalue weighted by atomic mass is 10.2. The minimum atomic E-state index is -4.05. The van der Waals surface area contributed by atoms with E-state index in [1.54, 1.807) is 4.72 Å². The number of aliphatic hydroxyl groups is 1. The first-order valence-electron chi connectivity index (χ1n) is 4.04. The van der Waals surface area contributed by atoms with E-state index >= 15 is 0 Å². The molecule has 15 heavy (non-hydrogen) atoms. The number of carboxylic acids is 1. The fraction of sp³-hybridized carbons (Fsp3) is 0.714. The molecule has 0 aliphatic rings. The Hall–Kier alpha value is -1.17. The lowest BCUT2D eigenvalue weighted by molar-refractivity contribution is -0.141. The molecule has 0 spiro atoms. The molecule has 0 aromatic carbocycles. The molecule has 7 nitrogen and oxygen atoms in total. The Morgan fingerprint density at radius 1 is 1.47 bits per heavy atom. The van der Waals surface area contributed by atoms with Crippen molar-refractivity contribution in [2.24, 2.45) is 0 Å². The highest BCUT2D eigenvalue weighted by Gasteiger charge is 2.31. The highest BCUT2D eigenvalue weighted by molar-refractivity contribution is 7.90. The van der Waals surface area contributed by atoms with Gasteiger partial charge in [-0.2, -0.15) is 9.98 Å². The van der Waals surface area contributed by atoms with Gasteiger partial charge in [0.25, 0.3) is 0 Å². The predicted octanol–water partition coefficient (Wildman–Crippen LogP) is -1.35. The van der Waals surface area contributed by atoms with E-state index in [1.165, 1.54) is 6.07 Å². The van der Waals surface area contributed by atoms with Crippen molar-refractivity contribution in [1.82, 2.24) is 4.72 Å². The lowest BCUT2D eigenvalue weighted by Gasteiger charge is -2.17. The van der Waals surface area contributed by atoms with Gasteiger partial charge in [-0.25, -0.2) is 8.42 Å². The minimum Gasteiger partial charge on any atom is -0.480 e. The van der Waals surface area contributed by atoms with Crippen LogP contribution in [0.4, 0.5) is 0 Å². The molecule has 0 bridgehead atoms. The van der Waals surface area contributed by atoms with E-state index in [9.17, 15) is 13.2 Å². The molecule has 0 heterocycles. The molecule has 3 N–H and O–H groups in total. The van der Waals surface area contributed by atoms with Crippen LogP contribution in [0.15, 0.2) is 0 Å². The first kappa shape index (κ1) is 13.8. The predicted molar refractivity (Wildman–Crippen MR) is 50.2 cm³/mol. The Balaban J connectivity index is 4.86. The smallest absolute Gasteiger partial charge is 0.324 e. The second-order valence-electron chi connectivity index (χ2n) is 2.99. The van der Waals surface area contributed by atoms with Gasteiger partial charge in [-0.05, 0) is 13.8 Å². The van der Waals surface area contributed by atoms with Crippen LogP contribution in [0.1, 0.15) is 13.8 Å². The maximum absolute atomic E-state index is 11.3. The quantitative estimate of drug-likeness (QED) is 0.541. The number of hydrogen-bond acceptors (Lipinski definition) is 5. The Morgan fingerprint density at radius 2 is 1.93 bits per heavy atom. The summed E-state index contributed by atoms with van der Waals surface area (Å²) in [7, 11) is -4.05. The van der Waals surface area contributed by atoms with Crippen LogP contribution in [-0.2, 0) is 14.8 Å². The SMILES string of the molecule is CC(C#N)S(=O)(=O)N[C@H](C(=O)O)[C@@H](C)O. The summed E-state index contributed by atoms with van der Waals surface area (Å²) in [5.74, 6) is -1.50. The number of sulfonamides is 1. The molecule has 0 amide bonds. The summed E-state index contributed by atoms with van der Waals surface area (Å²) in [5.41, 5.74) is 0. The number of hydrogen-bond donors (Lipinski definition) is 3. The zero-order chi connectivity index (χ0) is 12.2. The topological polar surface area (TPSA) is 127 Å². The van der Waals surface area contributed by atoms with Gasteiger partial charge in [0.15, 0.2) is 5.25 Å². The second kappa shape index (κ2) is 5.06. The molecule has 0 fully saturated rings. The molecule has 0 aliphatic carbocycles. The number of nitrogens with zero attached hydrogens (tertiary/aromatic N) is 1. The Labute approximate surface area is 87.4 Å². The molecular weight excluding hydrogens is 224 g/mol. The van der Waals surface area contributed by atoms with Crippen LogP contribution < -0.4 is 4.72 Å². The normalized spacial score (nSPS) is 17.5. The third-order valence-corrected chi connectivity index (χ3v) is 3.31. The largest absolute Gasteiger partial charge is 0.480 e. The zero-order valence-electron chi connectivity index (χ0n) is 8.21. The number of aliphatic hydroxyl groups excluding tert-OH is 1. The van der Waals surface area contributed by atoms with E-state index < -0.39 is 33.4 Å². The molecule has 3 atom stereocenters. The van der Waals surface area contributed by atoms with Gasteiger partial charge in [0.2, 0.25) is 10.0 Å². The summed E-state index contributed by atoms with van der Waals surface area (Å²) >= 11 is 0. The fourth-order valence-electron chi connectivity index (χ4n) is 0.704. The van der Waals surface area contributed by atoms with E-state index in [0.717, 1.165) is 13.8 Å². The van der Waals surface area contributed by atoms with E-state index in [4.69, 9.17) is 15.5 Å². The Kier molecular flexibility index (Phi) is 4.67. The number of carboxylic acid groups (broad SMARTS) is 1. The van der Waals surface area contributed by atoms with Crippen LogP contribution in [0.2, 0.25) is 0 Å². The van der Waals surface area contributed by atoms with Crippen molar-refractivity contribution in [2.45, 2.75) is 31.2 Å². The molecule has 0 aromatic rings. The summed E-state index contributed by atoms with van der Waals surface area (Å²) in [6.45, 7) is 2.25. The Bertz CT molecular complexity index is 369. The molecule has 0 radical (unpaired) electrons. The molecule has 0 saturated heterocycles. The van der Waals surface area contributed by atoms with Crippen molar-refractivity contribution < 1.29 is 23.4 Å². The van der Waals surface area contributed by atoms with Crippen LogP contribution in [0, 0.1) is 11.3 Å². The number of nitrogens with one attached hydrogen (secondary N) is 1. The van der Waals surface area contributed by atoms with Crippen LogP contribution in [0.5, 0.6) is 0 Å². The molecule has 0 saturated carbocycles. The van der Waals surface area contributed by atoms with Crippen LogP contribution in [0.3, 0.4) is 0 Å². The van der Waals surface area contributed by atoms with Crippen molar-refractivity contribution in [3.63, 3.8) is 0 Å². The summed E-state index contributed by atoms with van der Waals surface area (Å²) in [4.78, 5) is 10.6. The molecule has 0 rings (SSSR count). The fourth-order valence-corrected chi connectivity index (χ4v) is 1.70. The Morgan fingerprint density at radius 3 is 2.20 bits per heavy atom. The van der Waals surface area contributed by atoms with Gasteiger partial charge in [-0.1, -0.05) is 0 Å². The summed E-state index contributed by atoms with van der Waals surface area (Å²) in [6, 6.07) is -0.184. The van der Waals surface area contributed by atoms with Gasteiger partial charge in [0.1, 0.15) is 6.04 Å². The van der Waals surface area contributed by atoms with Crippen molar-refractivity contribution in [3.8, 4) is 6.07 Å². The third-order valence-electron chi connectivity index (χ3n) is 1.69. The molecule has 0 aromatic heterocycles. The highest BCUT2D eigenvalue weighted by atomic mass is 32.2. The highest BCUT2D eigenvalue weighted by Crippen LogP contribution is 2.01. The minimum absolute atomic E-state index is 1.11. The summed E-state index contributed by atoms with van der Waals surface area (Å²) in [6.07, 6.45) is -1.39. The second-order valence-corrected chi connectivity index (χ2v) is 5.02. The van der Waals surface area contributed by atoms with E-state index in [2.05, 4.69) is 0 Å². The van der Waals surface area contributed by atoms with Crippen molar-refractivity contribution in [1.29, 1.82) is 5.26 Å². The first-order chi connectivity index (χ1) is 6.72. The average Bonchev–Trinajstić information content (AvgIpc) is 2.11. The number of rotatable bonds is 5. The monoisotopic (exact) mass is 236 g/mol. The van der Waals surface area contributed by atoms with Crippen molar-refractivity contribution in [3.05, 3.63) is 0 Å². The standard InChI is InChI=1S/C7H12N2O5S/c1-4(3-8)15(13,14)9-6(5(2)10)7(11)12/h4-6,9-10H,1-2H3,(H,11,12)/t4?,5-,6+/m1/s1. The van der Waals surface area contributed by atoms with Crippen molar-refractivity contribution >= 4 is 16.0 Å². The van der Waals surface area contributed by atoms with Gasteiger partial charge in [0.05, 0.1) is 12.2 Å². The third kappa shape index (κ3) is 3.83. The zero-order valence-corrected chi connectivity index (χ0v) is 9.02. The average molecular weight is 236 g/mol. The van der Waals surface area contributed by atoms with Crippen LogP contribution >= 0.6 is 0 Å². The summed E-state index contributed by atoms with van der Waals surface area (Å²) in [5, 5.41) is 24.6. The first-order valence-corrected chi connectivity index (χ1v) is 5.58. The number of nitriles is 1. The molecule has 8 heteroatoms. The molecular formula is C7H12N2O5S. The van der Waals surface area contributed by atoms with E-state index in [1.807, 2.05) is 0 Å². The van der Waals surface area contributed by atoms with Crippen LogP contribution in [-0.4, -0.2) is 42.0 Å². The van der Waals surface area contributed by atoms with Crippen LogP contribution in [0.25, 0.3) is 0 Å². The van der Waals surface area contributed by atoms with Crippen molar-refractivity contribution in [2.75, 3.05) is 0 Å². The summed E-state index contributed by atoms with van der Waals surface area (Å²) < 4.78 is 24.3. The van der Waals surface area contributed by atoms with Gasteiger partial charge < -0.3 is 10.2 Å². The van der Waals surface area contributed by atoms with Gasteiger partial charge in [-0.3, -0.25) is 4.79 Å². The van der Waals surface area contributed by atoms with E-state index in [0.29, 0.717) is 0 Å². The maximum Gasteiger partial charge on any atom is 0.324 e. The number of aliphatic carboxylic acids is 1. The maximum atomic E-state index is 11.3. The number of carbonyl (C=O) groups is 1. The lowest BCUT2D eigenvalue weighted by Crippen LogP contribution is -2.49. The molecule has 0 aliphatic heterocycles. The van der Waals surface area contributed by atoms with Gasteiger partial charge in [-0.15, -0.1) is 0 Å². The molecule has 1 unspecified atom stereocenters. The van der Waals surface area contributed by atoms with E-state index in [-0.39, 0.29) is 0 Å².